The van der Waals surface area contributed by atoms with Crippen molar-refractivity contribution in [3.05, 3.63) is 40.4 Å². The zero-order chi connectivity index (χ0) is 10.6. The largest absolute Gasteiger partial charge is 0.381 e. The molecule has 1 rings (SSSR count). The minimum atomic E-state index is 0.859. The highest BCUT2D eigenvalue weighted by Crippen LogP contribution is 2.20. The van der Waals surface area contributed by atoms with Gasteiger partial charge in [0, 0.05) is 16.7 Å². The highest BCUT2D eigenvalue weighted by molar-refractivity contribution is 9.10. The third-order valence-corrected chi connectivity index (χ3v) is 3.09. The molecule has 0 amide bonds. The normalized spacial score (nSPS) is 9.93. The van der Waals surface area contributed by atoms with Crippen LogP contribution in [0.5, 0.6) is 0 Å². The van der Waals surface area contributed by atoms with Crippen LogP contribution in [0.3, 0.4) is 0 Å². The summed E-state index contributed by atoms with van der Waals surface area (Å²) in [5.41, 5.74) is 3.63. The van der Waals surface area contributed by atoms with Gasteiger partial charge in [0.2, 0.25) is 0 Å². The summed E-state index contributed by atoms with van der Waals surface area (Å²) in [6, 6.07) is 6.26. The Labute approximate surface area is 94.3 Å². The molecule has 76 valence electrons. The Bertz CT molecular complexity index is 331. The molecule has 1 aromatic rings. The van der Waals surface area contributed by atoms with E-state index < -0.39 is 0 Å². The Morgan fingerprint density at radius 2 is 2.21 bits per heavy atom. The molecule has 0 aliphatic rings. The van der Waals surface area contributed by atoms with Gasteiger partial charge in [0.1, 0.15) is 0 Å². The Balaban J connectivity index is 2.60. The number of rotatable bonds is 4. The van der Waals surface area contributed by atoms with E-state index >= 15 is 0 Å². The smallest absolute Gasteiger partial charge is 0.0357 e. The zero-order valence-corrected chi connectivity index (χ0v) is 10.3. The van der Waals surface area contributed by atoms with E-state index in [1.165, 1.54) is 11.1 Å². The van der Waals surface area contributed by atoms with Crippen LogP contribution in [-0.2, 0) is 0 Å². The first-order valence-corrected chi connectivity index (χ1v) is 5.59. The SMILES string of the molecule is C=C(CC)CNc1ccc(Br)c(C)c1. The number of halogens is 1. The van der Waals surface area contributed by atoms with Crippen molar-refractivity contribution < 1.29 is 0 Å². The maximum absolute atomic E-state index is 3.96. The molecule has 0 aliphatic carbocycles. The molecule has 0 atom stereocenters. The van der Waals surface area contributed by atoms with Crippen LogP contribution < -0.4 is 5.32 Å². The number of aryl methyl sites for hydroxylation is 1. The molecule has 0 saturated heterocycles. The van der Waals surface area contributed by atoms with Crippen LogP contribution in [0.25, 0.3) is 0 Å². The highest BCUT2D eigenvalue weighted by atomic mass is 79.9. The number of anilines is 1. The number of benzene rings is 1. The molecule has 1 nitrogen and oxygen atoms in total. The number of nitrogens with one attached hydrogen (secondary N) is 1. The van der Waals surface area contributed by atoms with E-state index in [1.807, 2.05) is 0 Å². The fourth-order valence-electron chi connectivity index (χ4n) is 1.11. The molecule has 0 fully saturated rings. The summed E-state index contributed by atoms with van der Waals surface area (Å²) in [6.45, 7) is 9.02. The molecule has 0 aliphatic heterocycles. The summed E-state index contributed by atoms with van der Waals surface area (Å²) >= 11 is 3.48. The Morgan fingerprint density at radius 3 is 2.79 bits per heavy atom. The zero-order valence-electron chi connectivity index (χ0n) is 8.73. The van der Waals surface area contributed by atoms with E-state index in [0.29, 0.717) is 0 Å². The Hall–Kier alpha value is -0.760. The summed E-state index contributed by atoms with van der Waals surface area (Å²) in [4.78, 5) is 0. The van der Waals surface area contributed by atoms with Gasteiger partial charge in [-0.3, -0.25) is 0 Å². The monoisotopic (exact) mass is 253 g/mol. The minimum absolute atomic E-state index is 0.859. The maximum Gasteiger partial charge on any atom is 0.0357 e. The van der Waals surface area contributed by atoms with Crippen LogP contribution in [0, 0.1) is 6.92 Å². The molecule has 0 heterocycles. The van der Waals surface area contributed by atoms with Gasteiger partial charge in [-0.2, -0.15) is 0 Å². The fourth-order valence-corrected chi connectivity index (χ4v) is 1.35. The van der Waals surface area contributed by atoms with Crippen molar-refractivity contribution in [1.29, 1.82) is 0 Å². The summed E-state index contributed by atoms with van der Waals surface area (Å²) in [6.07, 6.45) is 1.03. The first-order chi connectivity index (χ1) is 6.63. The van der Waals surface area contributed by atoms with Crippen molar-refractivity contribution in [1.82, 2.24) is 0 Å². The summed E-state index contributed by atoms with van der Waals surface area (Å²) < 4.78 is 1.15. The average Bonchev–Trinajstić information content (AvgIpc) is 2.19. The van der Waals surface area contributed by atoms with Crippen molar-refractivity contribution in [2.75, 3.05) is 11.9 Å². The quantitative estimate of drug-likeness (QED) is 0.796. The van der Waals surface area contributed by atoms with Crippen molar-refractivity contribution in [3.8, 4) is 0 Å². The van der Waals surface area contributed by atoms with E-state index in [9.17, 15) is 0 Å². The van der Waals surface area contributed by atoms with Gasteiger partial charge in [0.15, 0.2) is 0 Å². The van der Waals surface area contributed by atoms with Crippen molar-refractivity contribution in [2.45, 2.75) is 20.3 Å². The minimum Gasteiger partial charge on any atom is -0.381 e. The maximum atomic E-state index is 3.96. The van der Waals surface area contributed by atoms with Gasteiger partial charge < -0.3 is 5.32 Å². The van der Waals surface area contributed by atoms with E-state index in [0.717, 1.165) is 23.1 Å². The molecule has 0 unspecified atom stereocenters. The van der Waals surface area contributed by atoms with Gasteiger partial charge in [0.05, 0.1) is 0 Å². The van der Waals surface area contributed by atoms with Crippen LogP contribution in [0.1, 0.15) is 18.9 Å². The third-order valence-electron chi connectivity index (χ3n) is 2.20. The van der Waals surface area contributed by atoms with Gasteiger partial charge >= 0.3 is 0 Å². The summed E-state index contributed by atoms with van der Waals surface area (Å²) in [5.74, 6) is 0. The molecule has 0 saturated carbocycles. The van der Waals surface area contributed by atoms with Crippen LogP contribution >= 0.6 is 15.9 Å². The molecule has 0 aromatic heterocycles. The molecule has 1 aromatic carbocycles. The van der Waals surface area contributed by atoms with Gasteiger partial charge in [-0.15, -0.1) is 0 Å². The topological polar surface area (TPSA) is 12.0 Å². The van der Waals surface area contributed by atoms with Gasteiger partial charge in [-0.05, 0) is 37.1 Å². The molecule has 2 heteroatoms. The van der Waals surface area contributed by atoms with Crippen LogP contribution in [0.4, 0.5) is 5.69 Å². The van der Waals surface area contributed by atoms with Crippen molar-refractivity contribution in [3.63, 3.8) is 0 Å². The predicted molar refractivity (Wildman–Crippen MR) is 66.8 cm³/mol. The summed E-state index contributed by atoms with van der Waals surface area (Å²) in [7, 11) is 0. The van der Waals surface area contributed by atoms with Gasteiger partial charge in [-0.1, -0.05) is 35.0 Å². The van der Waals surface area contributed by atoms with Crippen LogP contribution in [0.15, 0.2) is 34.8 Å². The van der Waals surface area contributed by atoms with E-state index in [2.05, 4.69) is 59.9 Å². The van der Waals surface area contributed by atoms with E-state index in [1.54, 1.807) is 0 Å². The molecule has 1 N–H and O–H groups in total. The van der Waals surface area contributed by atoms with Crippen molar-refractivity contribution in [2.24, 2.45) is 0 Å². The lowest BCUT2D eigenvalue weighted by Crippen LogP contribution is -2.03. The second kappa shape index (κ2) is 5.20. The third kappa shape index (κ3) is 3.18. The van der Waals surface area contributed by atoms with Gasteiger partial charge in [-0.25, -0.2) is 0 Å². The second-order valence-electron chi connectivity index (χ2n) is 3.42. The lowest BCUT2D eigenvalue weighted by Gasteiger charge is -2.08. The second-order valence-corrected chi connectivity index (χ2v) is 4.28. The Kier molecular flexibility index (Phi) is 4.21. The molecule has 0 bridgehead atoms. The predicted octanol–water partition coefficient (Wildman–Crippen LogP) is 4.14. The lowest BCUT2D eigenvalue weighted by atomic mass is 10.2. The first-order valence-electron chi connectivity index (χ1n) is 4.80. The first kappa shape index (κ1) is 11.3. The van der Waals surface area contributed by atoms with E-state index in [4.69, 9.17) is 0 Å². The summed E-state index contributed by atoms with van der Waals surface area (Å²) in [5, 5.41) is 3.34. The number of hydrogen-bond donors (Lipinski definition) is 1. The Morgan fingerprint density at radius 1 is 1.50 bits per heavy atom. The molecular formula is C12H16BrN. The van der Waals surface area contributed by atoms with Crippen LogP contribution in [-0.4, -0.2) is 6.54 Å². The average molecular weight is 254 g/mol. The lowest BCUT2D eigenvalue weighted by molar-refractivity contribution is 1.05. The molecule has 0 spiro atoms. The molecule has 14 heavy (non-hydrogen) atoms. The van der Waals surface area contributed by atoms with Crippen molar-refractivity contribution >= 4 is 21.6 Å². The standard InChI is InChI=1S/C12H16BrN/c1-4-9(2)8-14-11-5-6-12(13)10(3)7-11/h5-7,14H,2,4,8H2,1,3H3. The molecule has 0 radical (unpaired) electrons. The highest BCUT2D eigenvalue weighted by Gasteiger charge is 1.97. The van der Waals surface area contributed by atoms with Gasteiger partial charge in [0.25, 0.3) is 0 Å². The van der Waals surface area contributed by atoms with E-state index in [-0.39, 0.29) is 0 Å². The fraction of sp³-hybridized carbons (Fsp3) is 0.333. The number of hydrogen-bond acceptors (Lipinski definition) is 1. The molecular weight excluding hydrogens is 238 g/mol. The van der Waals surface area contributed by atoms with Crippen LogP contribution in [0.2, 0.25) is 0 Å².